The van der Waals surface area contributed by atoms with Gasteiger partial charge in [0.25, 0.3) is 11.8 Å². The van der Waals surface area contributed by atoms with Crippen molar-refractivity contribution in [2.75, 3.05) is 24.9 Å². The minimum absolute atomic E-state index is 0.287. The van der Waals surface area contributed by atoms with E-state index in [4.69, 9.17) is 9.47 Å². The van der Waals surface area contributed by atoms with Crippen LogP contribution in [0.25, 0.3) is 5.69 Å². The number of amides is 2. The molecule has 35 heavy (non-hydrogen) atoms. The van der Waals surface area contributed by atoms with Crippen molar-refractivity contribution in [2.24, 2.45) is 0 Å². The van der Waals surface area contributed by atoms with E-state index in [1.165, 1.54) is 14.2 Å². The van der Waals surface area contributed by atoms with Crippen LogP contribution in [-0.4, -0.2) is 35.8 Å². The van der Waals surface area contributed by atoms with Crippen molar-refractivity contribution in [3.8, 4) is 17.2 Å². The summed E-state index contributed by atoms with van der Waals surface area (Å²) in [6.07, 6.45) is 0. The van der Waals surface area contributed by atoms with E-state index in [2.05, 4.69) is 15.7 Å². The van der Waals surface area contributed by atoms with Gasteiger partial charge in [-0.25, -0.2) is 4.68 Å². The maximum atomic E-state index is 12.9. The molecule has 0 atom stereocenters. The van der Waals surface area contributed by atoms with Crippen molar-refractivity contribution < 1.29 is 19.1 Å². The highest BCUT2D eigenvalue weighted by atomic mass is 16.5. The third-order valence-electron chi connectivity index (χ3n) is 5.44. The number of rotatable bonds is 7. The molecule has 4 rings (SSSR count). The predicted octanol–water partition coefficient (Wildman–Crippen LogP) is 5.01. The van der Waals surface area contributed by atoms with E-state index in [1.807, 2.05) is 42.8 Å². The minimum atomic E-state index is -0.314. The van der Waals surface area contributed by atoms with Gasteiger partial charge in [0, 0.05) is 29.0 Å². The first-order chi connectivity index (χ1) is 16.9. The number of carbonyl (C=O) groups is 2. The number of hydrogen-bond acceptors (Lipinski definition) is 5. The monoisotopic (exact) mass is 470 g/mol. The van der Waals surface area contributed by atoms with Crippen molar-refractivity contribution in [3.63, 3.8) is 0 Å². The van der Waals surface area contributed by atoms with E-state index < -0.39 is 0 Å². The van der Waals surface area contributed by atoms with Gasteiger partial charge in [-0.2, -0.15) is 5.10 Å². The Kier molecular flexibility index (Phi) is 6.82. The lowest BCUT2D eigenvalue weighted by atomic mass is 10.1. The van der Waals surface area contributed by atoms with E-state index in [1.54, 1.807) is 48.5 Å². The number of methoxy groups -OCH3 is 2. The molecule has 0 saturated carbocycles. The summed E-state index contributed by atoms with van der Waals surface area (Å²) in [6.45, 7) is 3.91. The molecule has 1 aromatic heterocycles. The molecule has 4 aromatic rings. The average molecular weight is 471 g/mol. The predicted molar refractivity (Wildman–Crippen MR) is 135 cm³/mol. The van der Waals surface area contributed by atoms with Gasteiger partial charge in [0.2, 0.25) is 0 Å². The first kappa shape index (κ1) is 23.6. The molecule has 0 aliphatic heterocycles. The van der Waals surface area contributed by atoms with Crippen LogP contribution in [0.5, 0.6) is 11.5 Å². The summed E-state index contributed by atoms with van der Waals surface area (Å²) in [7, 11) is 2.98. The Bertz CT molecular complexity index is 1360. The molecular weight excluding hydrogens is 444 g/mol. The number of benzene rings is 3. The smallest absolute Gasteiger partial charge is 0.255 e. The van der Waals surface area contributed by atoms with Crippen LogP contribution in [0.3, 0.4) is 0 Å². The summed E-state index contributed by atoms with van der Waals surface area (Å²) in [5.74, 6) is 0.156. The molecule has 0 unspecified atom stereocenters. The van der Waals surface area contributed by atoms with Crippen LogP contribution >= 0.6 is 0 Å². The fourth-order valence-electron chi connectivity index (χ4n) is 3.72. The number of aryl methyl sites for hydroxylation is 2. The van der Waals surface area contributed by atoms with Gasteiger partial charge in [-0.3, -0.25) is 9.59 Å². The third-order valence-corrected chi connectivity index (χ3v) is 5.44. The lowest BCUT2D eigenvalue weighted by Crippen LogP contribution is -2.15. The van der Waals surface area contributed by atoms with E-state index in [0.717, 1.165) is 17.1 Å². The Morgan fingerprint density at radius 2 is 1.26 bits per heavy atom. The summed E-state index contributed by atoms with van der Waals surface area (Å²) in [5.41, 5.74) is 4.61. The molecule has 0 radical (unpaired) electrons. The SMILES string of the molecule is COc1cc(NC(=O)c2ccc(-n3nc(C)cc3C)cc2)c(OC)cc1NC(=O)c1ccccc1. The number of ether oxygens (including phenoxy) is 2. The van der Waals surface area contributed by atoms with Crippen molar-refractivity contribution in [1.29, 1.82) is 0 Å². The van der Waals surface area contributed by atoms with Crippen LogP contribution in [-0.2, 0) is 0 Å². The zero-order valence-electron chi connectivity index (χ0n) is 20.0. The molecule has 0 aliphatic carbocycles. The maximum absolute atomic E-state index is 12.9. The van der Waals surface area contributed by atoms with Crippen LogP contribution in [0.1, 0.15) is 32.1 Å². The van der Waals surface area contributed by atoms with Gasteiger partial charge < -0.3 is 20.1 Å². The largest absolute Gasteiger partial charge is 0.494 e. The Labute approximate surface area is 203 Å². The highest BCUT2D eigenvalue weighted by Gasteiger charge is 2.17. The van der Waals surface area contributed by atoms with Crippen molar-refractivity contribution in [1.82, 2.24) is 9.78 Å². The number of hydrogen-bond donors (Lipinski definition) is 2. The fourth-order valence-corrected chi connectivity index (χ4v) is 3.72. The molecule has 2 N–H and O–H groups in total. The van der Waals surface area contributed by atoms with Crippen LogP contribution in [0.4, 0.5) is 11.4 Å². The summed E-state index contributed by atoms with van der Waals surface area (Å²) >= 11 is 0. The number of anilines is 2. The summed E-state index contributed by atoms with van der Waals surface area (Å²) in [6, 6.07) is 21.2. The molecule has 0 saturated heterocycles. The normalized spacial score (nSPS) is 10.5. The van der Waals surface area contributed by atoms with Gasteiger partial charge in [-0.15, -0.1) is 0 Å². The lowest BCUT2D eigenvalue weighted by molar-refractivity contribution is 0.101. The van der Waals surface area contributed by atoms with Crippen LogP contribution in [0.15, 0.2) is 72.8 Å². The molecule has 8 heteroatoms. The van der Waals surface area contributed by atoms with E-state index in [9.17, 15) is 9.59 Å². The second kappa shape index (κ2) is 10.1. The first-order valence-corrected chi connectivity index (χ1v) is 11.0. The first-order valence-electron chi connectivity index (χ1n) is 11.0. The average Bonchev–Trinajstić information content (AvgIpc) is 3.22. The van der Waals surface area contributed by atoms with Gasteiger partial charge in [-0.1, -0.05) is 18.2 Å². The van der Waals surface area contributed by atoms with Gasteiger partial charge in [0.05, 0.1) is 37.0 Å². The number of nitrogens with one attached hydrogen (secondary N) is 2. The highest BCUT2D eigenvalue weighted by Crippen LogP contribution is 2.37. The molecular formula is C27H26N4O4. The molecule has 8 nitrogen and oxygen atoms in total. The number of aromatic nitrogens is 2. The second-order valence-corrected chi connectivity index (χ2v) is 7.91. The fraction of sp³-hybridized carbons (Fsp3) is 0.148. The zero-order valence-corrected chi connectivity index (χ0v) is 20.0. The Balaban J connectivity index is 1.55. The van der Waals surface area contributed by atoms with Crippen LogP contribution in [0, 0.1) is 13.8 Å². The minimum Gasteiger partial charge on any atom is -0.494 e. The second-order valence-electron chi connectivity index (χ2n) is 7.91. The molecule has 3 aromatic carbocycles. The number of nitrogens with zero attached hydrogens (tertiary/aromatic N) is 2. The molecule has 1 heterocycles. The van der Waals surface area contributed by atoms with Gasteiger partial charge in [0.15, 0.2) is 0 Å². The van der Waals surface area contributed by atoms with Crippen molar-refractivity contribution in [2.45, 2.75) is 13.8 Å². The Morgan fingerprint density at radius 1 is 0.743 bits per heavy atom. The highest BCUT2D eigenvalue weighted by molar-refractivity contribution is 6.07. The zero-order chi connectivity index (χ0) is 24.9. The van der Waals surface area contributed by atoms with Crippen molar-refractivity contribution >= 4 is 23.2 Å². The molecule has 0 aliphatic rings. The summed E-state index contributed by atoms with van der Waals surface area (Å²) in [4.78, 5) is 25.5. The molecule has 2 amide bonds. The van der Waals surface area contributed by atoms with E-state index >= 15 is 0 Å². The number of carbonyl (C=O) groups excluding carboxylic acids is 2. The van der Waals surface area contributed by atoms with Crippen LogP contribution < -0.4 is 20.1 Å². The maximum Gasteiger partial charge on any atom is 0.255 e. The summed E-state index contributed by atoms with van der Waals surface area (Å²) < 4.78 is 12.8. The van der Waals surface area contributed by atoms with Crippen molar-refractivity contribution in [3.05, 3.63) is 95.3 Å². The third kappa shape index (κ3) is 5.16. The van der Waals surface area contributed by atoms with Gasteiger partial charge in [-0.05, 0) is 56.3 Å². The Hall–Kier alpha value is -4.59. The van der Waals surface area contributed by atoms with Gasteiger partial charge in [0.1, 0.15) is 11.5 Å². The molecule has 0 bridgehead atoms. The summed E-state index contributed by atoms with van der Waals surface area (Å²) in [5, 5.41) is 10.2. The molecule has 0 fully saturated rings. The Morgan fingerprint density at radius 3 is 1.71 bits per heavy atom. The van der Waals surface area contributed by atoms with Gasteiger partial charge >= 0.3 is 0 Å². The van der Waals surface area contributed by atoms with E-state index in [0.29, 0.717) is 34.0 Å². The standard InChI is InChI=1S/C27H26N4O4/c1-17-14-18(2)31(30-17)21-12-10-20(11-13-21)27(33)29-23-16-24(34-3)22(15-25(23)35-4)28-26(32)19-8-6-5-7-9-19/h5-16H,1-4H3,(H,28,32)(H,29,33). The lowest BCUT2D eigenvalue weighted by Gasteiger charge is -2.16. The molecule has 0 spiro atoms. The topological polar surface area (TPSA) is 94.5 Å². The molecule has 178 valence electrons. The van der Waals surface area contributed by atoms with Crippen LogP contribution in [0.2, 0.25) is 0 Å². The quantitative estimate of drug-likeness (QED) is 0.396. The van der Waals surface area contributed by atoms with E-state index in [-0.39, 0.29) is 11.8 Å².